The van der Waals surface area contributed by atoms with Crippen molar-refractivity contribution in [1.29, 1.82) is 0 Å². The molecule has 3 N–H and O–H groups in total. The topological polar surface area (TPSA) is 116 Å². The predicted octanol–water partition coefficient (Wildman–Crippen LogP) is 0.409. The minimum absolute atomic E-state index is 0.00307. The second kappa shape index (κ2) is 9.11. The van der Waals surface area contributed by atoms with Crippen LogP contribution in [0, 0.1) is 0 Å². The van der Waals surface area contributed by atoms with E-state index < -0.39 is 16.0 Å². The van der Waals surface area contributed by atoms with Crippen LogP contribution in [0.5, 0.6) is 0 Å². The summed E-state index contributed by atoms with van der Waals surface area (Å²) in [6, 6.07) is 8.17. The van der Waals surface area contributed by atoms with E-state index >= 15 is 0 Å². The van der Waals surface area contributed by atoms with Crippen molar-refractivity contribution >= 4 is 21.9 Å². The highest BCUT2D eigenvalue weighted by Crippen LogP contribution is 2.25. The maximum Gasteiger partial charge on any atom is 0.317 e. The lowest BCUT2D eigenvalue weighted by atomic mass is 9.85. The van der Waals surface area contributed by atoms with Crippen LogP contribution in [0.25, 0.3) is 0 Å². The molecule has 8 nitrogen and oxygen atoms in total. The van der Waals surface area contributed by atoms with Crippen molar-refractivity contribution in [2.24, 2.45) is 0 Å². The van der Waals surface area contributed by atoms with E-state index in [2.05, 4.69) is 10.0 Å². The molecule has 0 aliphatic heterocycles. The molecule has 1 amide bonds. The molecule has 1 aromatic carbocycles. The molecule has 0 atom stereocenters. The van der Waals surface area contributed by atoms with Gasteiger partial charge in [0.1, 0.15) is 0 Å². The van der Waals surface area contributed by atoms with Crippen LogP contribution in [0.15, 0.2) is 35.2 Å². The van der Waals surface area contributed by atoms with E-state index in [0.29, 0.717) is 19.4 Å². The number of hydrogen-bond donors (Lipinski definition) is 3. The zero-order valence-corrected chi connectivity index (χ0v) is 15.5. The number of benzene rings is 1. The smallest absolute Gasteiger partial charge is 0.317 e. The molecule has 1 aliphatic carbocycles. The molecule has 2 rings (SSSR count). The minimum atomic E-state index is -3.60. The molecule has 0 bridgehead atoms. The van der Waals surface area contributed by atoms with Crippen molar-refractivity contribution in [3.63, 3.8) is 0 Å². The van der Waals surface area contributed by atoms with E-state index in [1.165, 1.54) is 12.1 Å². The number of nitrogens with zero attached hydrogens (tertiary/aromatic N) is 1. The third kappa shape index (κ3) is 5.79. The Bertz CT molecular complexity index is 717. The number of aliphatic carboxylic acids is 1. The van der Waals surface area contributed by atoms with Crippen molar-refractivity contribution < 1.29 is 23.1 Å². The van der Waals surface area contributed by atoms with Crippen LogP contribution in [0.4, 0.5) is 0 Å². The molecule has 0 unspecified atom stereocenters. The van der Waals surface area contributed by atoms with Crippen LogP contribution in [-0.2, 0) is 19.6 Å². The summed E-state index contributed by atoms with van der Waals surface area (Å²) >= 11 is 0. The Kier molecular flexibility index (Phi) is 7.13. The molecule has 144 valence electrons. The quantitative estimate of drug-likeness (QED) is 0.539. The number of carboxylic acid groups (broad SMARTS) is 1. The van der Waals surface area contributed by atoms with E-state index in [9.17, 15) is 18.0 Å². The zero-order chi connectivity index (χ0) is 19.2. The van der Waals surface area contributed by atoms with E-state index in [1.54, 1.807) is 18.2 Å². The molecule has 0 heterocycles. The first kappa shape index (κ1) is 20.3. The number of hydrogen-bond acceptors (Lipinski definition) is 5. The van der Waals surface area contributed by atoms with Crippen LogP contribution >= 0.6 is 0 Å². The first-order chi connectivity index (χ1) is 12.3. The monoisotopic (exact) mass is 383 g/mol. The highest BCUT2D eigenvalue weighted by molar-refractivity contribution is 7.89. The highest BCUT2D eigenvalue weighted by Gasteiger charge is 2.34. The summed E-state index contributed by atoms with van der Waals surface area (Å²) < 4.78 is 26.5. The maximum atomic E-state index is 12.0. The lowest BCUT2D eigenvalue weighted by Gasteiger charge is -2.42. The fraction of sp³-hybridized carbons (Fsp3) is 0.529. The second-order valence-electron chi connectivity index (χ2n) is 6.31. The van der Waals surface area contributed by atoms with Crippen molar-refractivity contribution in [3.05, 3.63) is 30.3 Å². The SMILES string of the molecule is CCN(CC(=O)O)C1CC(NC(=O)CCNS(=O)(=O)c2ccccc2)C1. The third-order valence-corrected chi connectivity index (χ3v) is 5.91. The zero-order valence-electron chi connectivity index (χ0n) is 14.7. The fourth-order valence-electron chi connectivity index (χ4n) is 2.96. The summed E-state index contributed by atoms with van der Waals surface area (Å²) in [5, 5.41) is 11.7. The number of nitrogens with one attached hydrogen (secondary N) is 2. The molecule has 1 aromatic rings. The highest BCUT2D eigenvalue weighted by atomic mass is 32.2. The van der Waals surface area contributed by atoms with Crippen molar-refractivity contribution in [3.8, 4) is 0 Å². The Hall–Kier alpha value is -1.97. The van der Waals surface area contributed by atoms with Crippen LogP contribution in [0.3, 0.4) is 0 Å². The van der Waals surface area contributed by atoms with Gasteiger partial charge in [-0.05, 0) is 31.5 Å². The van der Waals surface area contributed by atoms with Gasteiger partial charge in [-0.3, -0.25) is 14.5 Å². The molecule has 1 aliphatic rings. The van der Waals surface area contributed by atoms with Crippen LogP contribution in [0.1, 0.15) is 26.2 Å². The van der Waals surface area contributed by atoms with Gasteiger partial charge in [-0.25, -0.2) is 13.1 Å². The fourth-order valence-corrected chi connectivity index (χ4v) is 4.01. The number of sulfonamides is 1. The summed E-state index contributed by atoms with van der Waals surface area (Å²) in [6.45, 7) is 2.59. The molecular formula is C17H25N3O5S. The summed E-state index contributed by atoms with van der Waals surface area (Å²) in [7, 11) is -3.60. The van der Waals surface area contributed by atoms with Gasteiger partial charge in [0.2, 0.25) is 15.9 Å². The van der Waals surface area contributed by atoms with E-state index in [-0.39, 0.29) is 42.4 Å². The summed E-state index contributed by atoms with van der Waals surface area (Å²) in [5.74, 6) is -1.07. The number of carbonyl (C=O) groups is 2. The number of amides is 1. The molecular weight excluding hydrogens is 358 g/mol. The van der Waals surface area contributed by atoms with E-state index in [0.717, 1.165) is 0 Å². The summed E-state index contributed by atoms with van der Waals surface area (Å²) in [6.07, 6.45) is 1.48. The Morgan fingerprint density at radius 3 is 2.46 bits per heavy atom. The summed E-state index contributed by atoms with van der Waals surface area (Å²) in [5.41, 5.74) is 0. The Morgan fingerprint density at radius 2 is 1.88 bits per heavy atom. The Morgan fingerprint density at radius 1 is 1.23 bits per heavy atom. The van der Waals surface area contributed by atoms with Gasteiger partial charge in [0.25, 0.3) is 0 Å². The standard InChI is InChI=1S/C17H25N3O5S/c1-2-20(12-17(22)23)14-10-13(11-14)19-16(21)8-9-18-26(24,25)15-6-4-3-5-7-15/h3-7,13-14,18H,2,8-12H2,1H3,(H,19,21)(H,22,23). The van der Waals surface area contributed by atoms with Crippen molar-refractivity contribution in [1.82, 2.24) is 14.9 Å². The molecule has 1 saturated carbocycles. The Balaban J connectivity index is 1.68. The molecule has 26 heavy (non-hydrogen) atoms. The molecule has 9 heteroatoms. The van der Waals surface area contributed by atoms with Gasteiger partial charge in [0.15, 0.2) is 0 Å². The number of likely N-dealkylation sites (N-methyl/N-ethyl adjacent to an activating group) is 1. The molecule has 0 spiro atoms. The van der Waals surface area contributed by atoms with Crippen LogP contribution in [0.2, 0.25) is 0 Å². The van der Waals surface area contributed by atoms with E-state index in [1.807, 2.05) is 11.8 Å². The number of carbonyl (C=O) groups excluding carboxylic acids is 1. The molecule has 0 aromatic heterocycles. The maximum absolute atomic E-state index is 12.0. The van der Waals surface area contributed by atoms with Gasteiger partial charge in [-0.1, -0.05) is 25.1 Å². The third-order valence-electron chi connectivity index (χ3n) is 4.44. The lowest BCUT2D eigenvalue weighted by molar-refractivity contribution is -0.139. The largest absolute Gasteiger partial charge is 0.480 e. The number of rotatable bonds is 10. The Labute approximate surface area is 153 Å². The normalized spacial score (nSPS) is 19.8. The average Bonchev–Trinajstić information content (AvgIpc) is 2.56. The van der Waals surface area contributed by atoms with Crippen molar-refractivity contribution in [2.75, 3.05) is 19.6 Å². The van der Waals surface area contributed by atoms with Gasteiger partial charge in [0.05, 0.1) is 11.4 Å². The van der Waals surface area contributed by atoms with Crippen molar-refractivity contribution in [2.45, 2.75) is 43.2 Å². The molecule has 0 saturated heterocycles. The lowest BCUT2D eigenvalue weighted by Crippen LogP contribution is -2.55. The van der Waals surface area contributed by atoms with Crippen LogP contribution < -0.4 is 10.0 Å². The van der Waals surface area contributed by atoms with Gasteiger partial charge in [0, 0.05) is 25.0 Å². The average molecular weight is 383 g/mol. The van der Waals surface area contributed by atoms with Gasteiger partial charge in [-0.2, -0.15) is 0 Å². The predicted molar refractivity (Wildman–Crippen MR) is 96.1 cm³/mol. The molecule has 0 radical (unpaired) electrons. The van der Waals surface area contributed by atoms with Gasteiger partial charge >= 0.3 is 5.97 Å². The van der Waals surface area contributed by atoms with E-state index in [4.69, 9.17) is 5.11 Å². The second-order valence-corrected chi connectivity index (χ2v) is 8.07. The van der Waals surface area contributed by atoms with Gasteiger partial charge < -0.3 is 10.4 Å². The first-order valence-corrected chi connectivity index (χ1v) is 10.1. The summed E-state index contributed by atoms with van der Waals surface area (Å²) in [4.78, 5) is 24.8. The molecule has 1 fully saturated rings. The van der Waals surface area contributed by atoms with Gasteiger partial charge in [-0.15, -0.1) is 0 Å². The number of carboxylic acids is 1. The minimum Gasteiger partial charge on any atom is -0.480 e. The first-order valence-electron chi connectivity index (χ1n) is 8.61. The van der Waals surface area contributed by atoms with Crippen LogP contribution in [-0.4, -0.2) is 62.0 Å².